The van der Waals surface area contributed by atoms with E-state index in [1.54, 1.807) is 0 Å². The van der Waals surface area contributed by atoms with Crippen LogP contribution in [0.3, 0.4) is 0 Å². The van der Waals surface area contributed by atoms with Crippen molar-refractivity contribution in [2.75, 3.05) is 6.54 Å². The second kappa shape index (κ2) is 4.23. The Bertz CT molecular complexity index is 284. The van der Waals surface area contributed by atoms with Gasteiger partial charge in [-0.1, -0.05) is 26.0 Å². The predicted octanol–water partition coefficient (Wildman–Crippen LogP) is 0.626. The van der Waals surface area contributed by atoms with E-state index in [4.69, 9.17) is 5.73 Å². The highest BCUT2D eigenvalue weighted by Gasteiger charge is 2.47. The van der Waals surface area contributed by atoms with E-state index >= 15 is 0 Å². The van der Waals surface area contributed by atoms with E-state index in [1.165, 1.54) is 0 Å². The maximum atomic E-state index is 9.54. The van der Waals surface area contributed by atoms with Gasteiger partial charge in [0.2, 0.25) is 0 Å². The molecular formula is C11H21N3O. The Kier molecular flexibility index (Phi) is 3.39. The zero-order valence-corrected chi connectivity index (χ0v) is 9.75. The molecule has 1 fully saturated rings. The Labute approximate surface area is 91.3 Å². The van der Waals surface area contributed by atoms with Crippen LogP contribution in [0.2, 0.25) is 0 Å². The summed E-state index contributed by atoms with van der Waals surface area (Å²) in [6.07, 6.45) is 0.486. The van der Waals surface area contributed by atoms with Gasteiger partial charge in [-0.25, -0.2) is 4.99 Å². The van der Waals surface area contributed by atoms with Gasteiger partial charge in [0, 0.05) is 11.5 Å². The molecule has 4 heteroatoms. The van der Waals surface area contributed by atoms with Crippen LogP contribution in [-0.4, -0.2) is 29.8 Å². The molecular weight excluding hydrogens is 190 g/mol. The van der Waals surface area contributed by atoms with Crippen molar-refractivity contribution in [2.45, 2.75) is 39.3 Å². The Hall–Kier alpha value is -1.03. The molecule has 0 aromatic heterocycles. The van der Waals surface area contributed by atoms with Crippen molar-refractivity contribution in [3.8, 4) is 0 Å². The minimum absolute atomic E-state index is 0.122. The lowest BCUT2D eigenvalue weighted by atomic mass is 9.65. The van der Waals surface area contributed by atoms with Crippen LogP contribution >= 0.6 is 0 Å². The standard InChI is InChI=1S/C11H21N3O/c1-7(2)6-13-10(12)14-8-5-9(15)11(8,3)4/h8-9,15H,1,5-6H2,2-4H3,(H3,12,13,14). The molecule has 0 spiro atoms. The van der Waals surface area contributed by atoms with Crippen LogP contribution in [0, 0.1) is 5.41 Å². The number of aliphatic hydroxyl groups excluding tert-OH is 1. The number of aliphatic hydroxyl groups is 1. The summed E-state index contributed by atoms with van der Waals surface area (Å²) in [5.41, 5.74) is 6.57. The summed E-state index contributed by atoms with van der Waals surface area (Å²) in [4.78, 5) is 4.14. The zero-order chi connectivity index (χ0) is 11.6. The van der Waals surface area contributed by atoms with Gasteiger partial charge in [-0.2, -0.15) is 0 Å². The average Bonchev–Trinajstić information content (AvgIpc) is 2.14. The van der Waals surface area contributed by atoms with E-state index in [0.717, 1.165) is 12.0 Å². The lowest BCUT2D eigenvalue weighted by Gasteiger charge is -2.49. The summed E-state index contributed by atoms with van der Waals surface area (Å²) in [7, 11) is 0. The maximum Gasteiger partial charge on any atom is 0.189 e. The summed E-state index contributed by atoms with van der Waals surface area (Å²) in [5.74, 6) is 0.433. The summed E-state index contributed by atoms with van der Waals surface area (Å²) in [5, 5.41) is 12.7. The number of nitrogens with two attached hydrogens (primary N) is 1. The smallest absolute Gasteiger partial charge is 0.189 e. The molecule has 0 radical (unpaired) electrons. The first-order valence-corrected chi connectivity index (χ1v) is 5.23. The minimum Gasteiger partial charge on any atom is -0.392 e. The first kappa shape index (κ1) is 12.0. The molecule has 0 heterocycles. The Balaban J connectivity index is 2.43. The van der Waals surface area contributed by atoms with Crippen LogP contribution in [-0.2, 0) is 0 Å². The average molecular weight is 211 g/mol. The topological polar surface area (TPSA) is 70.6 Å². The lowest BCUT2D eigenvalue weighted by molar-refractivity contribution is -0.0660. The Morgan fingerprint density at radius 1 is 1.67 bits per heavy atom. The van der Waals surface area contributed by atoms with Crippen LogP contribution in [0.15, 0.2) is 17.1 Å². The SMILES string of the molecule is C=C(C)CN=C(N)NC1CC(O)C1(C)C. The molecule has 86 valence electrons. The molecule has 2 atom stereocenters. The zero-order valence-electron chi connectivity index (χ0n) is 9.75. The molecule has 15 heavy (non-hydrogen) atoms. The highest BCUT2D eigenvalue weighted by Crippen LogP contribution is 2.40. The molecule has 0 aliphatic heterocycles. The normalized spacial score (nSPS) is 29.5. The molecule has 0 amide bonds. The van der Waals surface area contributed by atoms with E-state index in [0.29, 0.717) is 12.5 Å². The van der Waals surface area contributed by atoms with Gasteiger partial charge in [0.1, 0.15) is 0 Å². The number of aliphatic imine (C=N–C) groups is 1. The number of nitrogens with zero attached hydrogens (tertiary/aromatic N) is 1. The third-order valence-corrected chi connectivity index (χ3v) is 3.06. The highest BCUT2D eigenvalue weighted by atomic mass is 16.3. The molecule has 4 nitrogen and oxygen atoms in total. The van der Waals surface area contributed by atoms with Crippen molar-refractivity contribution in [3.63, 3.8) is 0 Å². The van der Waals surface area contributed by atoms with E-state index < -0.39 is 0 Å². The van der Waals surface area contributed by atoms with Gasteiger partial charge in [-0.05, 0) is 13.3 Å². The van der Waals surface area contributed by atoms with Gasteiger partial charge in [0.05, 0.1) is 12.6 Å². The predicted molar refractivity (Wildman–Crippen MR) is 62.6 cm³/mol. The second-order valence-corrected chi connectivity index (χ2v) is 4.93. The quantitative estimate of drug-likeness (QED) is 0.364. The molecule has 2 unspecified atom stereocenters. The van der Waals surface area contributed by atoms with Crippen LogP contribution < -0.4 is 11.1 Å². The summed E-state index contributed by atoms with van der Waals surface area (Å²) >= 11 is 0. The first-order valence-electron chi connectivity index (χ1n) is 5.23. The number of rotatable bonds is 3. The molecule has 1 aliphatic rings. The van der Waals surface area contributed by atoms with Gasteiger partial charge < -0.3 is 16.2 Å². The van der Waals surface area contributed by atoms with Crippen LogP contribution in [0.5, 0.6) is 0 Å². The molecule has 1 rings (SSSR count). The van der Waals surface area contributed by atoms with E-state index in [9.17, 15) is 5.11 Å². The fourth-order valence-electron chi connectivity index (χ4n) is 1.59. The fraction of sp³-hybridized carbons (Fsp3) is 0.727. The van der Waals surface area contributed by atoms with E-state index in [-0.39, 0.29) is 17.6 Å². The highest BCUT2D eigenvalue weighted by molar-refractivity contribution is 5.78. The van der Waals surface area contributed by atoms with Crippen molar-refractivity contribution in [2.24, 2.45) is 16.1 Å². The van der Waals surface area contributed by atoms with Gasteiger partial charge in [-0.15, -0.1) is 0 Å². The lowest BCUT2D eigenvalue weighted by Crippen LogP contribution is -2.62. The van der Waals surface area contributed by atoms with Crippen LogP contribution in [0.25, 0.3) is 0 Å². The Morgan fingerprint density at radius 3 is 2.67 bits per heavy atom. The number of hydrogen-bond acceptors (Lipinski definition) is 2. The molecule has 0 aromatic carbocycles. The van der Waals surface area contributed by atoms with Crippen LogP contribution in [0.4, 0.5) is 0 Å². The fourth-order valence-corrected chi connectivity index (χ4v) is 1.59. The maximum absolute atomic E-state index is 9.54. The molecule has 4 N–H and O–H groups in total. The third kappa shape index (κ3) is 2.72. The molecule has 0 bridgehead atoms. The molecule has 1 aliphatic carbocycles. The summed E-state index contributed by atoms with van der Waals surface area (Å²) < 4.78 is 0. The van der Waals surface area contributed by atoms with Gasteiger partial charge in [0.15, 0.2) is 5.96 Å². The number of hydrogen-bond donors (Lipinski definition) is 3. The van der Waals surface area contributed by atoms with Gasteiger partial charge in [0.25, 0.3) is 0 Å². The van der Waals surface area contributed by atoms with Gasteiger partial charge in [-0.3, -0.25) is 0 Å². The number of nitrogens with one attached hydrogen (secondary N) is 1. The number of guanidine groups is 1. The third-order valence-electron chi connectivity index (χ3n) is 3.06. The summed E-state index contributed by atoms with van der Waals surface area (Å²) in [6, 6.07) is 0.210. The van der Waals surface area contributed by atoms with Crippen molar-refractivity contribution >= 4 is 5.96 Å². The minimum atomic E-state index is -0.246. The Morgan fingerprint density at radius 2 is 2.27 bits per heavy atom. The molecule has 1 saturated carbocycles. The second-order valence-electron chi connectivity index (χ2n) is 4.93. The van der Waals surface area contributed by atoms with Gasteiger partial charge >= 0.3 is 0 Å². The summed E-state index contributed by atoms with van der Waals surface area (Å²) in [6.45, 7) is 10.2. The van der Waals surface area contributed by atoms with Crippen molar-refractivity contribution in [3.05, 3.63) is 12.2 Å². The first-order chi connectivity index (χ1) is 6.84. The molecule has 0 aromatic rings. The van der Waals surface area contributed by atoms with E-state index in [2.05, 4.69) is 16.9 Å². The van der Waals surface area contributed by atoms with Crippen LogP contribution in [0.1, 0.15) is 27.2 Å². The van der Waals surface area contributed by atoms with Crippen molar-refractivity contribution in [1.82, 2.24) is 5.32 Å². The molecule has 0 saturated heterocycles. The monoisotopic (exact) mass is 211 g/mol. The van der Waals surface area contributed by atoms with Crippen molar-refractivity contribution < 1.29 is 5.11 Å². The largest absolute Gasteiger partial charge is 0.392 e. The van der Waals surface area contributed by atoms with E-state index in [1.807, 2.05) is 20.8 Å². The van der Waals surface area contributed by atoms with Crippen molar-refractivity contribution in [1.29, 1.82) is 0 Å².